The topological polar surface area (TPSA) is 93.9 Å². The molecule has 1 N–H and O–H groups in total. The molecule has 0 unspecified atom stereocenters. The molecule has 1 aliphatic heterocycles. The second-order valence-corrected chi connectivity index (χ2v) is 7.15. The van der Waals surface area contributed by atoms with Gasteiger partial charge in [0.15, 0.2) is 0 Å². The normalized spacial score (nSPS) is 14.4. The van der Waals surface area contributed by atoms with E-state index in [1.807, 2.05) is 4.90 Å². The van der Waals surface area contributed by atoms with Gasteiger partial charge in [-0.1, -0.05) is 6.92 Å². The Labute approximate surface area is 169 Å². The number of hydrogen-bond acceptors (Lipinski definition) is 6. The first-order valence-electron chi connectivity index (χ1n) is 9.49. The van der Waals surface area contributed by atoms with Crippen molar-refractivity contribution in [2.75, 3.05) is 37.5 Å². The zero-order valence-corrected chi connectivity index (χ0v) is 16.8. The van der Waals surface area contributed by atoms with Crippen LogP contribution in [0.5, 0.6) is 11.5 Å². The molecule has 0 radical (unpaired) electrons. The summed E-state index contributed by atoms with van der Waals surface area (Å²) < 4.78 is 10.4. The summed E-state index contributed by atoms with van der Waals surface area (Å²) in [6.45, 7) is 3.74. The van der Waals surface area contributed by atoms with Gasteiger partial charge in [0.25, 0.3) is 11.6 Å². The lowest BCUT2D eigenvalue weighted by atomic mass is 9.98. The van der Waals surface area contributed by atoms with Crippen molar-refractivity contribution in [3.63, 3.8) is 0 Å². The lowest BCUT2D eigenvalue weighted by molar-refractivity contribution is -0.384. The molecule has 1 aliphatic rings. The summed E-state index contributed by atoms with van der Waals surface area (Å²) in [4.78, 5) is 25.9. The minimum absolute atomic E-state index is 0.0612. The summed E-state index contributed by atoms with van der Waals surface area (Å²) in [7, 11) is 3.03. The predicted octanol–water partition coefficient (Wildman–Crippen LogP) is 4.10. The van der Waals surface area contributed by atoms with Gasteiger partial charge >= 0.3 is 0 Å². The Morgan fingerprint density at radius 3 is 2.48 bits per heavy atom. The predicted molar refractivity (Wildman–Crippen MR) is 111 cm³/mol. The fourth-order valence-electron chi connectivity index (χ4n) is 3.42. The summed E-state index contributed by atoms with van der Waals surface area (Å²) in [6.07, 6.45) is 1.99. The van der Waals surface area contributed by atoms with Crippen molar-refractivity contribution in [3.05, 3.63) is 52.1 Å². The monoisotopic (exact) mass is 399 g/mol. The van der Waals surface area contributed by atoms with E-state index in [1.54, 1.807) is 30.3 Å². The highest BCUT2D eigenvalue weighted by Gasteiger charge is 2.25. The fraction of sp³-hybridized carbons (Fsp3) is 0.381. The number of nitro benzene ring substituents is 1. The first-order valence-corrected chi connectivity index (χ1v) is 9.49. The van der Waals surface area contributed by atoms with Crippen LogP contribution in [0.3, 0.4) is 0 Å². The molecular formula is C21H25N3O5. The maximum atomic E-state index is 12.7. The highest BCUT2D eigenvalue weighted by Crippen LogP contribution is 2.33. The lowest BCUT2D eigenvalue weighted by Crippen LogP contribution is -2.33. The molecule has 0 saturated carbocycles. The first-order chi connectivity index (χ1) is 13.9. The molecule has 0 aliphatic carbocycles. The van der Waals surface area contributed by atoms with Crippen LogP contribution in [0.15, 0.2) is 36.4 Å². The van der Waals surface area contributed by atoms with Gasteiger partial charge in [-0.3, -0.25) is 14.9 Å². The molecule has 2 aromatic carbocycles. The van der Waals surface area contributed by atoms with Crippen LogP contribution in [-0.2, 0) is 0 Å². The second kappa shape index (κ2) is 8.81. The Morgan fingerprint density at radius 1 is 1.14 bits per heavy atom. The van der Waals surface area contributed by atoms with Crippen LogP contribution in [-0.4, -0.2) is 38.1 Å². The number of nitrogens with zero attached hydrogens (tertiary/aromatic N) is 2. The van der Waals surface area contributed by atoms with E-state index in [0.29, 0.717) is 28.8 Å². The SMILES string of the molecule is COc1ccc(NC(=O)c2ccc(N3CCC(C)CC3)c([N+](=O)[O-])c2)c(OC)c1. The molecule has 0 bridgehead atoms. The van der Waals surface area contributed by atoms with Crippen molar-refractivity contribution in [2.24, 2.45) is 5.92 Å². The highest BCUT2D eigenvalue weighted by atomic mass is 16.6. The van der Waals surface area contributed by atoms with Gasteiger partial charge in [0.05, 0.1) is 24.8 Å². The number of carbonyl (C=O) groups is 1. The van der Waals surface area contributed by atoms with E-state index >= 15 is 0 Å². The van der Waals surface area contributed by atoms with E-state index in [4.69, 9.17) is 9.47 Å². The van der Waals surface area contributed by atoms with Crippen molar-refractivity contribution in [2.45, 2.75) is 19.8 Å². The van der Waals surface area contributed by atoms with Gasteiger partial charge in [-0.15, -0.1) is 0 Å². The summed E-state index contributed by atoms with van der Waals surface area (Å²) in [6, 6.07) is 9.62. The summed E-state index contributed by atoms with van der Waals surface area (Å²) in [5.41, 5.74) is 1.16. The van der Waals surface area contributed by atoms with Gasteiger partial charge in [-0.2, -0.15) is 0 Å². The Morgan fingerprint density at radius 2 is 1.86 bits per heavy atom. The number of hydrogen-bond donors (Lipinski definition) is 1. The maximum absolute atomic E-state index is 12.7. The van der Waals surface area contributed by atoms with Crippen LogP contribution in [0.25, 0.3) is 0 Å². The van der Waals surface area contributed by atoms with Crippen LogP contribution in [0.2, 0.25) is 0 Å². The third-order valence-corrected chi connectivity index (χ3v) is 5.22. The highest BCUT2D eigenvalue weighted by molar-refractivity contribution is 6.06. The smallest absolute Gasteiger partial charge is 0.293 e. The third-order valence-electron chi connectivity index (χ3n) is 5.22. The minimum atomic E-state index is -0.449. The number of rotatable bonds is 6. The average molecular weight is 399 g/mol. The van der Waals surface area contributed by atoms with Gasteiger partial charge in [0.2, 0.25) is 0 Å². The molecule has 0 atom stereocenters. The zero-order chi connectivity index (χ0) is 21.0. The third kappa shape index (κ3) is 4.59. The molecule has 3 rings (SSSR count). The summed E-state index contributed by atoms with van der Waals surface area (Å²) >= 11 is 0. The van der Waals surface area contributed by atoms with E-state index in [2.05, 4.69) is 12.2 Å². The molecule has 8 heteroatoms. The van der Waals surface area contributed by atoms with Crippen LogP contribution in [0.4, 0.5) is 17.1 Å². The first kappa shape index (κ1) is 20.4. The molecule has 1 saturated heterocycles. The van der Waals surface area contributed by atoms with Gasteiger partial charge in [0.1, 0.15) is 17.2 Å². The number of nitro groups is 1. The Hall–Kier alpha value is -3.29. The fourth-order valence-corrected chi connectivity index (χ4v) is 3.42. The number of amides is 1. The summed E-state index contributed by atoms with van der Waals surface area (Å²) in [5.74, 6) is 1.20. The molecule has 1 amide bonds. The molecule has 29 heavy (non-hydrogen) atoms. The quantitative estimate of drug-likeness (QED) is 0.581. The Bertz CT molecular complexity index is 907. The van der Waals surface area contributed by atoms with E-state index in [1.165, 1.54) is 20.3 Å². The number of benzene rings is 2. The Kier molecular flexibility index (Phi) is 6.21. The molecular weight excluding hydrogens is 374 g/mol. The van der Waals surface area contributed by atoms with E-state index in [9.17, 15) is 14.9 Å². The van der Waals surface area contributed by atoms with Crippen molar-refractivity contribution in [1.82, 2.24) is 0 Å². The molecule has 8 nitrogen and oxygen atoms in total. The van der Waals surface area contributed by atoms with Gasteiger partial charge in [-0.05, 0) is 43.0 Å². The van der Waals surface area contributed by atoms with Crippen molar-refractivity contribution >= 4 is 23.0 Å². The van der Waals surface area contributed by atoms with E-state index in [-0.39, 0.29) is 11.3 Å². The summed E-state index contributed by atoms with van der Waals surface area (Å²) in [5, 5.41) is 14.4. The zero-order valence-electron chi connectivity index (χ0n) is 16.8. The number of nitrogens with one attached hydrogen (secondary N) is 1. The van der Waals surface area contributed by atoms with Crippen LogP contribution in [0, 0.1) is 16.0 Å². The molecule has 0 aromatic heterocycles. The number of ether oxygens (including phenoxy) is 2. The number of anilines is 2. The lowest BCUT2D eigenvalue weighted by Gasteiger charge is -2.31. The Balaban J connectivity index is 1.84. The molecule has 0 spiro atoms. The minimum Gasteiger partial charge on any atom is -0.497 e. The van der Waals surface area contributed by atoms with Crippen molar-refractivity contribution in [1.29, 1.82) is 0 Å². The molecule has 154 valence electrons. The number of methoxy groups -OCH3 is 2. The standard InChI is InChI=1S/C21H25N3O5/c1-14-8-10-23(11-9-14)18-7-4-15(12-19(18)24(26)27)21(25)22-17-6-5-16(28-2)13-20(17)29-3/h4-7,12-14H,8-11H2,1-3H3,(H,22,25). The van der Waals surface area contributed by atoms with Crippen LogP contribution >= 0.6 is 0 Å². The van der Waals surface area contributed by atoms with E-state index in [0.717, 1.165) is 25.9 Å². The van der Waals surface area contributed by atoms with Crippen molar-refractivity contribution in [3.8, 4) is 11.5 Å². The van der Waals surface area contributed by atoms with Gasteiger partial charge < -0.3 is 19.7 Å². The molecule has 1 heterocycles. The molecule has 1 fully saturated rings. The number of carbonyl (C=O) groups excluding carboxylic acids is 1. The van der Waals surface area contributed by atoms with Gasteiger partial charge in [0, 0.05) is 30.8 Å². The van der Waals surface area contributed by atoms with E-state index < -0.39 is 10.8 Å². The van der Waals surface area contributed by atoms with Crippen LogP contribution < -0.4 is 19.7 Å². The molecule has 2 aromatic rings. The van der Waals surface area contributed by atoms with Crippen LogP contribution in [0.1, 0.15) is 30.1 Å². The average Bonchev–Trinajstić information content (AvgIpc) is 2.74. The largest absolute Gasteiger partial charge is 0.497 e. The second-order valence-electron chi connectivity index (χ2n) is 7.15. The van der Waals surface area contributed by atoms with Gasteiger partial charge in [-0.25, -0.2) is 0 Å². The maximum Gasteiger partial charge on any atom is 0.293 e. The van der Waals surface area contributed by atoms with Crippen molar-refractivity contribution < 1.29 is 19.2 Å². The number of piperidine rings is 1.